The Hall–Kier alpha value is -2.70. The maximum atomic E-state index is 12.8. The zero-order valence-corrected chi connectivity index (χ0v) is 13.1. The van der Waals surface area contributed by atoms with E-state index in [1.54, 1.807) is 11.8 Å². The molecule has 3 rings (SSSR count). The standard InChI is InChI=1S/C16H18N4O3/c1-11-7-8-13-5-3-4-6-14(13)19(11)16(21)10-18-12(2)9-15(17-18)20(22)23/h3-6,9,11H,7-8,10H2,1-2H3/t11-/m1/s1. The van der Waals surface area contributed by atoms with Crippen molar-refractivity contribution >= 4 is 17.4 Å². The second-order valence-electron chi connectivity index (χ2n) is 5.84. The minimum Gasteiger partial charge on any atom is -0.358 e. The molecule has 120 valence electrons. The number of aryl methyl sites for hydroxylation is 2. The first-order chi connectivity index (χ1) is 11.0. The number of rotatable bonds is 3. The van der Waals surface area contributed by atoms with E-state index in [4.69, 9.17) is 0 Å². The van der Waals surface area contributed by atoms with Crippen LogP contribution in [0.3, 0.4) is 0 Å². The number of amides is 1. The zero-order chi connectivity index (χ0) is 16.6. The van der Waals surface area contributed by atoms with Crippen LogP contribution < -0.4 is 4.90 Å². The number of fused-ring (bicyclic) bond motifs is 1. The molecule has 1 aromatic carbocycles. The fraction of sp³-hybridized carbons (Fsp3) is 0.375. The highest BCUT2D eigenvalue weighted by Crippen LogP contribution is 2.30. The van der Waals surface area contributed by atoms with Gasteiger partial charge in [0.25, 0.3) is 5.91 Å². The molecule has 7 heteroatoms. The minimum atomic E-state index is -0.549. The molecule has 0 aliphatic carbocycles. The summed E-state index contributed by atoms with van der Waals surface area (Å²) in [6.07, 6.45) is 1.86. The van der Waals surface area contributed by atoms with Crippen molar-refractivity contribution in [2.45, 2.75) is 39.3 Å². The largest absolute Gasteiger partial charge is 0.390 e. The maximum absolute atomic E-state index is 12.8. The van der Waals surface area contributed by atoms with Gasteiger partial charge in [-0.25, -0.2) is 0 Å². The van der Waals surface area contributed by atoms with Crippen LogP contribution in [0.15, 0.2) is 30.3 Å². The molecule has 1 aliphatic rings. The number of para-hydroxylation sites is 1. The van der Waals surface area contributed by atoms with Crippen molar-refractivity contribution in [1.82, 2.24) is 9.78 Å². The second kappa shape index (κ2) is 5.83. The van der Waals surface area contributed by atoms with Crippen LogP contribution in [-0.2, 0) is 17.8 Å². The van der Waals surface area contributed by atoms with E-state index in [0.29, 0.717) is 5.69 Å². The monoisotopic (exact) mass is 314 g/mol. The molecule has 0 N–H and O–H groups in total. The molecule has 0 unspecified atom stereocenters. The third-order valence-corrected chi connectivity index (χ3v) is 4.23. The average Bonchev–Trinajstić information content (AvgIpc) is 2.88. The van der Waals surface area contributed by atoms with Crippen molar-refractivity contribution in [3.05, 3.63) is 51.7 Å². The van der Waals surface area contributed by atoms with Gasteiger partial charge in [0, 0.05) is 11.7 Å². The van der Waals surface area contributed by atoms with Crippen LogP contribution in [0.5, 0.6) is 0 Å². The molecule has 2 heterocycles. The van der Waals surface area contributed by atoms with Gasteiger partial charge in [0.2, 0.25) is 0 Å². The van der Waals surface area contributed by atoms with Gasteiger partial charge >= 0.3 is 5.82 Å². The Morgan fingerprint density at radius 2 is 2.17 bits per heavy atom. The van der Waals surface area contributed by atoms with Gasteiger partial charge in [0.15, 0.2) is 0 Å². The Kier molecular flexibility index (Phi) is 3.85. The highest BCUT2D eigenvalue weighted by molar-refractivity contribution is 5.95. The Balaban J connectivity index is 1.87. The molecule has 0 saturated heterocycles. The van der Waals surface area contributed by atoms with E-state index >= 15 is 0 Å². The van der Waals surface area contributed by atoms with Crippen LogP contribution in [0.1, 0.15) is 24.6 Å². The topological polar surface area (TPSA) is 81.3 Å². The fourth-order valence-corrected chi connectivity index (χ4v) is 3.01. The highest BCUT2D eigenvalue weighted by atomic mass is 16.6. The quantitative estimate of drug-likeness (QED) is 0.644. The number of benzene rings is 1. The van der Waals surface area contributed by atoms with Crippen LogP contribution in [0.25, 0.3) is 0 Å². The van der Waals surface area contributed by atoms with Crippen molar-refractivity contribution < 1.29 is 9.72 Å². The van der Waals surface area contributed by atoms with E-state index in [-0.39, 0.29) is 24.3 Å². The van der Waals surface area contributed by atoms with Crippen LogP contribution >= 0.6 is 0 Å². The van der Waals surface area contributed by atoms with Crippen LogP contribution in [0, 0.1) is 17.0 Å². The SMILES string of the molecule is Cc1cc([N+](=O)[O-])nn1CC(=O)N1c2ccccc2CC[C@H]1C. The van der Waals surface area contributed by atoms with Gasteiger partial charge in [-0.3, -0.25) is 4.79 Å². The number of carbonyl (C=O) groups is 1. The van der Waals surface area contributed by atoms with E-state index < -0.39 is 4.92 Å². The molecule has 1 amide bonds. The van der Waals surface area contributed by atoms with Gasteiger partial charge < -0.3 is 15.0 Å². The number of anilines is 1. The first kappa shape index (κ1) is 15.2. The number of aromatic nitrogens is 2. The van der Waals surface area contributed by atoms with E-state index in [2.05, 4.69) is 5.10 Å². The van der Waals surface area contributed by atoms with Crippen LogP contribution in [0.4, 0.5) is 11.5 Å². The second-order valence-corrected chi connectivity index (χ2v) is 5.84. The zero-order valence-electron chi connectivity index (χ0n) is 13.1. The molecule has 0 radical (unpaired) electrons. The number of carbonyl (C=O) groups excluding carboxylic acids is 1. The Bertz CT molecular complexity index is 768. The van der Waals surface area contributed by atoms with Crippen molar-refractivity contribution in [1.29, 1.82) is 0 Å². The summed E-state index contributed by atoms with van der Waals surface area (Å²) in [5, 5.41) is 14.7. The molecule has 1 aliphatic heterocycles. The Morgan fingerprint density at radius 1 is 1.43 bits per heavy atom. The number of hydrogen-bond donors (Lipinski definition) is 0. The molecular weight excluding hydrogens is 296 g/mol. The number of nitro groups is 1. The van der Waals surface area contributed by atoms with E-state index in [1.807, 2.05) is 31.2 Å². The van der Waals surface area contributed by atoms with Crippen LogP contribution in [-0.4, -0.2) is 26.7 Å². The summed E-state index contributed by atoms with van der Waals surface area (Å²) in [5.41, 5.74) is 2.68. The maximum Gasteiger partial charge on any atom is 0.390 e. The van der Waals surface area contributed by atoms with Gasteiger partial charge in [0.05, 0.1) is 16.9 Å². The van der Waals surface area contributed by atoms with Gasteiger partial charge in [-0.2, -0.15) is 4.68 Å². The lowest BCUT2D eigenvalue weighted by Crippen LogP contribution is -2.44. The summed E-state index contributed by atoms with van der Waals surface area (Å²) in [6, 6.07) is 9.34. The predicted molar refractivity (Wildman–Crippen MR) is 85.3 cm³/mol. The summed E-state index contributed by atoms with van der Waals surface area (Å²) < 4.78 is 1.39. The Labute approximate surface area is 133 Å². The number of nitrogens with zero attached hydrogens (tertiary/aromatic N) is 4. The minimum absolute atomic E-state index is 0.00164. The average molecular weight is 314 g/mol. The van der Waals surface area contributed by atoms with Gasteiger partial charge in [0.1, 0.15) is 6.54 Å². The summed E-state index contributed by atoms with van der Waals surface area (Å²) in [7, 11) is 0. The third kappa shape index (κ3) is 2.81. The van der Waals surface area contributed by atoms with Gasteiger partial charge in [-0.15, -0.1) is 0 Å². The summed E-state index contributed by atoms with van der Waals surface area (Å²) in [6.45, 7) is 3.73. The summed E-state index contributed by atoms with van der Waals surface area (Å²) in [5.74, 6) is -0.340. The first-order valence-corrected chi connectivity index (χ1v) is 7.56. The first-order valence-electron chi connectivity index (χ1n) is 7.56. The lowest BCUT2D eigenvalue weighted by atomic mass is 9.96. The molecule has 0 saturated carbocycles. The molecule has 1 atom stereocenters. The molecule has 0 fully saturated rings. The summed E-state index contributed by atoms with van der Waals surface area (Å²) >= 11 is 0. The fourth-order valence-electron chi connectivity index (χ4n) is 3.01. The smallest absolute Gasteiger partial charge is 0.358 e. The normalized spacial score (nSPS) is 17.0. The van der Waals surface area contributed by atoms with Crippen molar-refractivity contribution in [2.75, 3.05) is 4.90 Å². The van der Waals surface area contributed by atoms with Gasteiger partial charge in [-0.1, -0.05) is 18.2 Å². The number of hydrogen-bond acceptors (Lipinski definition) is 4. The van der Waals surface area contributed by atoms with Gasteiger partial charge in [-0.05, 0) is 43.2 Å². The highest BCUT2D eigenvalue weighted by Gasteiger charge is 2.29. The molecule has 0 spiro atoms. The van der Waals surface area contributed by atoms with Crippen molar-refractivity contribution in [3.63, 3.8) is 0 Å². The van der Waals surface area contributed by atoms with Crippen LogP contribution in [0.2, 0.25) is 0 Å². The molecule has 0 bridgehead atoms. The lowest BCUT2D eigenvalue weighted by Gasteiger charge is -2.35. The molecule has 23 heavy (non-hydrogen) atoms. The molecular formula is C16H18N4O3. The van der Waals surface area contributed by atoms with E-state index in [0.717, 1.165) is 24.1 Å². The summed E-state index contributed by atoms with van der Waals surface area (Å²) in [4.78, 5) is 24.8. The Morgan fingerprint density at radius 3 is 2.87 bits per heavy atom. The molecule has 1 aromatic heterocycles. The van der Waals surface area contributed by atoms with E-state index in [1.165, 1.54) is 10.7 Å². The van der Waals surface area contributed by atoms with Crippen molar-refractivity contribution in [3.8, 4) is 0 Å². The molecule has 7 nitrogen and oxygen atoms in total. The third-order valence-electron chi connectivity index (χ3n) is 4.23. The lowest BCUT2D eigenvalue weighted by molar-refractivity contribution is -0.389. The molecule has 2 aromatic rings. The van der Waals surface area contributed by atoms with E-state index in [9.17, 15) is 14.9 Å². The van der Waals surface area contributed by atoms with Crippen molar-refractivity contribution in [2.24, 2.45) is 0 Å². The predicted octanol–water partition coefficient (Wildman–Crippen LogP) is 2.47.